The van der Waals surface area contributed by atoms with Gasteiger partial charge in [0, 0.05) is 57.7 Å². The molecule has 3 aliphatic heterocycles. The van der Waals surface area contributed by atoms with Gasteiger partial charge in [-0.05, 0) is 318 Å². The molecule has 17 heteroatoms. The zero-order valence-electron chi connectivity index (χ0n) is 65.0. The molecule has 0 bridgehead atoms. The number of carbonyl (C=O) groups is 6. The number of nitrogens with zero attached hydrogens (tertiary/aromatic N) is 3. The Morgan fingerprint density at radius 3 is 0.794 bits per heavy atom. The average Bonchev–Trinajstić information content (AvgIpc) is 1.44. The molecule has 15 nitrogen and oxygen atoms in total. The molecule has 0 spiro atoms. The fraction of sp³-hybridized carbons (Fsp3) is 0.718. The number of likely N-dealkylation sites (tertiary alicyclic amines) is 3. The third kappa shape index (κ3) is 22.1. The lowest BCUT2D eigenvalue weighted by Gasteiger charge is -2.38. The largest absolute Gasteiger partial charge is 0.469 e. The molecule has 0 aromatic heterocycles. The molecule has 3 unspecified atom stereocenters. The normalized spacial score (nSPS) is 22.9. The molecule has 3 amide bonds. The lowest BCUT2D eigenvalue weighted by atomic mass is 9.72. The molecule has 9 atom stereocenters. The highest BCUT2D eigenvalue weighted by Gasteiger charge is 2.44. The Morgan fingerprint density at radius 1 is 0.373 bits per heavy atom. The highest BCUT2D eigenvalue weighted by molar-refractivity contribution is 7.93. The van der Waals surface area contributed by atoms with Crippen LogP contribution in [0.2, 0.25) is 0 Å². The number of aryl methyl sites for hydroxylation is 3. The first-order chi connectivity index (χ1) is 48.4. The summed E-state index contributed by atoms with van der Waals surface area (Å²) >= 11 is 0.250. The summed E-state index contributed by atoms with van der Waals surface area (Å²) in [6.45, 7) is 28.1. The van der Waals surface area contributed by atoms with E-state index >= 15 is 0 Å². The number of esters is 3. The molecule has 3 heterocycles. The Balaban J connectivity index is 0.000000174. The van der Waals surface area contributed by atoms with Gasteiger partial charge in [-0.25, -0.2) is 14.4 Å². The van der Waals surface area contributed by atoms with Crippen LogP contribution in [0.5, 0.6) is 0 Å². The van der Waals surface area contributed by atoms with Crippen LogP contribution in [-0.4, -0.2) is 135 Å². The molecular weight excluding hydrogens is 1310 g/mol. The van der Waals surface area contributed by atoms with E-state index < -0.39 is 16.8 Å². The molecule has 3 aromatic rings. The molecule has 3 saturated heterocycles. The summed E-state index contributed by atoms with van der Waals surface area (Å²) in [4.78, 5) is 79.8. The van der Waals surface area contributed by atoms with Crippen molar-refractivity contribution >= 4 is 48.3 Å². The van der Waals surface area contributed by atoms with Crippen LogP contribution in [0, 0.1) is 71.0 Å². The zero-order valence-corrected chi connectivity index (χ0v) is 65.8. The second-order valence-electron chi connectivity index (χ2n) is 34.7. The maximum Gasteiger partial charge on any atom is 0.410 e. The van der Waals surface area contributed by atoms with E-state index in [1.807, 2.05) is 97.8 Å². The molecule has 3 saturated carbocycles. The summed E-state index contributed by atoms with van der Waals surface area (Å²) in [6, 6.07) is 20.9. The van der Waals surface area contributed by atoms with Gasteiger partial charge in [-0.2, -0.15) is 3.89 Å². The minimum Gasteiger partial charge on any atom is -0.469 e. The van der Waals surface area contributed by atoms with Crippen LogP contribution in [0.4, 0.5) is 18.3 Å². The average molecular weight is 1430 g/mol. The maximum absolute atomic E-state index is 12.4. The molecule has 6 fully saturated rings. The molecule has 9 aliphatic rings. The monoisotopic (exact) mass is 1430 g/mol. The topological polar surface area (TPSA) is 168 Å². The summed E-state index contributed by atoms with van der Waals surface area (Å²) in [5, 5.41) is 0. The minimum atomic E-state index is -0.442. The Bertz CT molecular complexity index is 2960. The molecule has 102 heavy (non-hydrogen) atoms. The van der Waals surface area contributed by atoms with Gasteiger partial charge in [-0.1, -0.05) is 75.4 Å². The van der Waals surface area contributed by atoms with Crippen LogP contribution in [0.1, 0.15) is 247 Å². The van der Waals surface area contributed by atoms with E-state index in [2.05, 4.69) is 54.6 Å². The number of benzene rings is 3. The van der Waals surface area contributed by atoms with Gasteiger partial charge in [0.25, 0.3) is 0 Å². The molecule has 0 N–H and O–H groups in total. The number of methoxy groups -OCH3 is 3. The van der Waals surface area contributed by atoms with Crippen molar-refractivity contribution in [3.05, 3.63) is 105 Å². The molecule has 566 valence electrons. The van der Waals surface area contributed by atoms with Gasteiger partial charge in [0.1, 0.15) is 16.8 Å². The van der Waals surface area contributed by atoms with Crippen molar-refractivity contribution in [3.63, 3.8) is 0 Å². The van der Waals surface area contributed by atoms with E-state index in [9.17, 15) is 32.7 Å². The number of carbonyl (C=O) groups excluding carboxylic acids is 6. The van der Waals surface area contributed by atoms with Crippen molar-refractivity contribution in [1.29, 1.82) is 0 Å². The van der Waals surface area contributed by atoms with Crippen LogP contribution >= 0.6 is 12.1 Å². The highest BCUT2D eigenvalue weighted by Crippen LogP contribution is 2.51. The van der Waals surface area contributed by atoms with Crippen LogP contribution in [-0.2, 0) is 81.3 Å². The lowest BCUT2D eigenvalue weighted by Crippen LogP contribution is -2.43. The number of hydrogen-bond acceptors (Lipinski definition) is 13. The quantitative estimate of drug-likeness (QED) is 0.104. The second-order valence-corrected chi connectivity index (χ2v) is 35.0. The van der Waals surface area contributed by atoms with Crippen LogP contribution in [0.25, 0.3) is 0 Å². The van der Waals surface area contributed by atoms with E-state index in [1.54, 1.807) is 0 Å². The summed E-state index contributed by atoms with van der Waals surface area (Å²) in [5.41, 5.74) is 11.5. The van der Waals surface area contributed by atoms with Gasteiger partial charge < -0.3 is 43.1 Å². The summed E-state index contributed by atoms with van der Waals surface area (Å²) in [5.74, 6) is 6.01. The van der Waals surface area contributed by atoms with Gasteiger partial charge in [-0.15, -0.1) is 0 Å². The van der Waals surface area contributed by atoms with Crippen molar-refractivity contribution in [3.8, 4) is 0 Å². The van der Waals surface area contributed by atoms with E-state index in [0.29, 0.717) is 53.3 Å². The second kappa shape index (κ2) is 35.5. The lowest BCUT2D eigenvalue weighted by molar-refractivity contribution is -0.146. The SMILES string of the molecule is COC(=O)[C@@H](C)[C@H](c1ccc2c(c1)CC(C1CCN(C(=O)OC(C)(C)C)CC1)CC2)C1CC1.COC(=O)[C@@H](C)[C@H](c1ccc2c(c1)CC(C1CCN(C(=O)OC(C)(C)C)CC1)CC2)C1CC1.COC(=O)[C@@H](C)[C@H](c1ccc2c(c1)CC(C1CCN(C(=O)OC(C)(C)C)CC1)CC2)C1CC1.CSF. The predicted octanol–water partition coefficient (Wildman–Crippen LogP) is 18.5. The van der Waals surface area contributed by atoms with E-state index in [4.69, 9.17) is 28.4 Å². The first-order valence-electron chi connectivity index (χ1n) is 39.1. The number of ether oxygens (including phenoxy) is 6. The summed E-state index contributed by atoms with van der Waals surface area (Å²) in [6.07, 6.45) is 24.9. The Labute approximate surface area is 615 Å². The smallest absolute Gasteiger partial charge is 0.410 e. The highest BCUT2D eigenvalue weighted by atomic mass is 32.2. The van der Waals surface area contributed by atoms with Crippen molar-refractivity contribution in [2.45, 2.75) is 252 Å². The third-order valence-electron chi connectivity index (χ3n) is 23.9. The van der Waals surface area contributed by atoms with Gasteiger partial charge in [0.05, 0.1) is 39.1 Å². The Hall–Kier alpha value is -5.84. The van der Waals surface area contributed by atoms with E-state index in [1.165, 1.54) is 135 Å². The molecular formula is C85H126FN3O12S. The third-order valence-corrected chi connectivity index (χ3v) is 23.9. The van der Waals surface area contributed by atoms with Gasteiger partial charge in [0.2, 0.25) is 0 Å². The number of hydrogen-bond donors (Lipinski definition) is 0. The number of halogens is 1. The maximum atomic E-state index is 12.4. The minimum absolute atomic E-state index is 0.0979. The molecule has 0 radical (unpaired) electrons. The number of fused-ring (bicyclic) bond motifs is 3. The number of piperidine rings is 3. The van der Waals surface area contributed by atoms with Crippen molar-refractivity contribution in [2.75, 3.05) is 66.9 Å². The Kier molecular flexibility index (Phi) is 27.9. The molecule has 3 aromatic carbocycles. The number of rotatable bonds is 15. The predicted molar refractivity (Wildman–Crippen MR) is 402 cm³/mol. The first kappa shape index (κ1) is 80.3. The van der Waals surface area contributed by atoms with E-state index in [0.717, 1.165) is 116 Å². The molecule has 6 aliphatic carbocycles. The summed E-state index contributed by atoms with van der Waals surface area (Å²) in [7, 11) is 4.48. The first-order valence-corrected chi connectivity index (χ1v) is 40.2. The molecule has 12 rings (SSSR count). The van der Waals surface area contributed by atoms with Crippen LogP contribution in [0.15, 0.2) is 54.6 Å². The Morgan fingerprint density at radius 2 is 0.598 bits per heavy atom. The van der Waals surface area contributed by atoms with Crippen LogP contribution < -0.4 is 0 Å². The van der Waals surface area contributed by atoms with Gasteiger partial charge in [-0.3, -0.25) is 14.4 Å². The van der Waals surface area contributed by atoms with Gasteiger partial charge in [0.15, 0.2) is 0 Å². The fourth-order valence-electron chi connectivity index (χ4n) is 18.2. The zero-order chi connectivity index (χ0) is 74.0. The fourth-order valence-corrected chi connectivity index (χ4v) is 18.2. The summed E-state index contributed by atoms with van der Waals surface area (Å²) < 4.78 is 42.1. The van der Waals surface area contributed by atoms with Gasteiger partial charge >= 0.3 is 36.2 Å². The standard InChI is InChI=1S/3C28H41NO4.CH3FS/c3*1-18(26(30)32-5)25(21-8-9-21)23-11-7-19-6-10-22(16-24(19)17-23)20-12-14-29(15-13-20)27(31)33-28(2,3)4;1-3-2/h3*7,11,17-18,20-22,25H,6,8-10,12-16H2,1-5H3;1H3/t3*18-,22?,25-;/m000./s1. The van der Waals surface area contributed by atoms with Crippen molar-refractivity contribution in [1.82, 2.24) is 14.7 Å². The van der Waals surface area contributed by atoms with Crippen molar-refractivity contribution in [2.24, 2.45) is 71.0 Å². The van der Waals surface area contributed by atoms with Crippen molar-refractivity contribution < 1.29 is 61.1 Å². The van der Waals surface area contributed by atoms with E-state index in [-0.39, 0.29) is 83.8 Å². The van der Waals surface area contributed by atoms with Crippen LogP contribution in [0.3, 0.4) is 0 Å². The number of amides is 3.